The van der Waals surface area contributed by atoms with Crippen LogP contribution in [0.5, 0.6) is 0 Å². The van der Waals surface area contributed by atoms with E-state index in [4.69, 9.17) is 4.74 Å². The first-order valence-corrected chi connectivity index (χ1v) is 7.18. The molecule has 0 amide bonds. The van der Waals surface area contributed by atoms with E-state index in [1.165, 1.54) is 45.2 Å². The molecule has 1 N–H and O–H groups in total. The van der Waals surface area contributed by atoms with E-state index in [9.17, 15) is 0 Å². The summed E-state index contributed by atoms with van der Waals surface area (Å²) in [7, 11) is 4.09. The van der Waals surface area contributed by atoms with Crippen LogP contribution in [0.4, 0.5) is 0 Å². The van der Waals surface area contributed by atoms with E-state index >= 15 is 0 Å². The Labute approximate surface area is 106 Å². The second-order valence-corrected chi connectivity index (χ2v) is 5.97. The number of nitrogens with zero attached hydrogens (tertiary/aromatic N) is 1. The Morgan fingerprint density at radius 1 is 1.12 bits per heavy atom. The van der Waals surface area contributed by atoms with Gasteiger partial charge in [-0.3, -0.25) is 0 Å². The van der Waals surface area contributed by atoms with Crippen molar-refractivity contribution in [1.82, 2.24) is 10.2 Å². The summed E-state index contributed by atoms with van der Waals surface area (Å²) >= 11 is 0. The van der Waals surface area contributed by atoms with Gasteiger partial charge in [0.05, 0.1) is 6.10 Å². The third-order valence-electron chi connectivity index (χ3n) is 4.54. The Morgan fingerprint density at radius 2 is 1.88 bits per heavy atom. The monoisotopic (exact) mass is 240 g/mol. The lowest BCUT2D eigenvalue weighted by atomic mass is 9.88. The molecule has 0 aromatic heterocycles. The average molecular weight is 240 g/mol. The van der Waals surface area contributed by atoms with Gasteiger partial charge in [-0.1, -0.05) is 19.8 Å². The highest BCUT2D eigenvalue weighted by Gasteiger charge is 2.30. The van der Waals surface area contributed by atoms with Crippen LogP contribution in [-0.4, -0.2) is 50.3 Å². The second kappa shape index (κ2) is 6.17. The van der Waals surface area contributed by atoms with Crippen LogP contribution in [0.25, 0.3) is 0 Å². The normalized spacial score (nSPS) is 40.4. The standard InChI is InChI=1S/C14H28N2O/c1-11-10-16(2)9-8-12(11)15-13-6-4-5-7-14(13)17-3/h11-15H,4-10H2,1-3H3. The number of methoxy groups -OCH3 is 1. The number of rotatable bonds is 3. The largest absolute Gasteiger partial charge is 0.380 e. The molecule has 1 heterocycles. The van der Waals surface area contributed by atoms with Crippen LogP contribution in [0.15, 0.2) is 0 Å². The molecule has 100 valence electrons. The summed E-state index contributed by atoms with van der Waals surface area (Å²) in [5.74, 6) is 0.758. The van der Waals surface area contributed by atoms with E-state index < -0.39 is 0 Å². The molecule has 1 aliphatic carbocycles. The molecule has 2 fully saturated rings. The quantitative estimate of drug-likeness (QED) is 0.815. The third kappa shape index (κ3) is 3.43. The van der Waals surface area contributed by atoms with Gasteiger partial charge in [-0.2, -0.15) is 0 Å². The summed E-state index contributed by atoms with van der Waals surface area (Å²) in [4.78, 5) is 2.44. The molecular weight excluding hydrogens is 212 g/mol. The fraction of sp³-hybridized carbons (Fsp3) is 1.00. The average Bonchev–Trinajstić information content (AvgIpc) is 2.33. The van der Waals surface area contributed by atoms with Gasteiger partial charge >= 0.3 is 0 Å². The summed E-state index contributed by atoms with van der Waals surface area (Å²) < 4.78 is 5.63. The zero-order valence-corrected chi connectivity index (χ0v) is 11.6. The van der Waals surface area contributed by atoms with Crippen molar-refractivity contribution in [3.63, 3.8) is 0 Å². The number of hydrogen-bond donors (Lipinski definition) is 1. The predicted octanol–water partition coefficient (Wildman–Crippen LogP) is 1.87. The minimum absolute atomic E-state index is 0.440. The van der Waals surface area contributed by atoms with E-state index in [0.29, 0.717) is 18.2 Å². The zero-order chi connectivity index (χ0) is 12.3. The van der Waals surface area contributed by atoms with Crippen molar-refractivity contribution in [3.8, 4) is 0 Å². The number of likely N-dealkylation sites (tertiary alicyclic amines) is 1. The van der Waals surface area contributed by atoms with Crippen LogP contribution in [-0.2, 0) is 4.74 Å². The maximum Gasteiger partial charge on any atom is 0.0724 e. The first-order valence-electron chi connectivity index (χ1n) is 7.18. The molecule has 0 aromatic rings. The molecule has 3 heteroatoms. The smallest absolute Gasteiger partial charge is 0.0724 e. The Balaban J connectivity index is 1.86. The van der Waals surface area contributed by atoms with Gasteiger partial charge in [-0.05, 0) is 38.8 Å². The summed E-state index contributed by atoms with van der Waals surface area (Å²) in [5, 5.41) is 3.88. The minimum atomic E-state index is 0.440. The van der Waals surface area contributed by atoms with Crippen molar-refractivity contribution < 1.29 is 4.74 Å². The molecule has 1 aliphatic heterocycles. The molecule has 0 spiro atoms. The number of ether oxygens (including phenoxy) is 1. The van der Waals surface area contributed by atoms with Crippen LogP contribution in [0.2, 0.25) is 0 Å². The highest BCUT2D eigenvalue weighted by atomic mass is 16.5. The number of hydrogen-bond acceptors (Lipinski definition) is 3. The first-order chi connectivity index (χ1) is 8.20. The van der Waals surface area contributed by atoms with Crippen LogP contribution in [0.1, 0.15) is 39.0 Å². The number of piperidine rings is 1. The summed E-state index contributed by atoms with van der Waals surface area (Å²) in [6.45, 7) is 4.83. The molecular formula is C14H28N2O. The van der Waals surface area contributed by atoms with Gasteiger partial charge in [0, 0.05) is 25.7 Å². The van der Waals surface area contributed by atoms with Crippen molar-refractivity contribution in [1.29, 1.82) is 0 Å². The van der Waals surface area contributed by atoms with Gasteiger partial charge in [-0.25, -0.2) is 0 Å². The molecule has 0 bridgehead atoms. The Kier molecular flexibility index (Phi) is 4.83. The van der Waals surface area contributed by atoms with Gasteiger partial charge in [-0.15, -0.1) is 0 Å². The lowest BCUT2D eigenvalue weighted by Gasteiger charge is -2.40. The molecule has 2 rings (SSSR count). The SMILES string of the molecule is COC1CCCCC1NC1CCN(C)CC1C. The van der Waals surface area contributed by atoms with Gasteiger partial charge in [0.1, 0.15) is 0 Å². The fourth-order valence-electron chi connectivity index (χ4n) is 3.45. The number of nitrogens with one attached hydrogen (secondary N) is 1. The van der Waals surface area contributed by atoms with E-state index in [1.807, 2.05) is 7.11 Å². The van der Waals surface area contributed by atoms with E-state index in [2.05, 4.69) is 24.2 Å². The molecule has 4 unspecified atom stereocenters. The van der Waals surface area contributed by atoms with Gasteiger partial charge < -0.3 is 15.0 Å². The van der Waals surface area contributed by atoms with E-state index in [1.54, 1.807) is 0 Å². The van der Waals surface area contributed by atoms with Crippen LogP contribution in [0.3, 0.4) is 0 Å². The van der Waals surface area contributed by atoms with Crippen molar-refractivity contribution in [3.05, 3.63) is 0 Å². The second-order valence-electron chi connectivity index (χ2n) is 5.97. The van der Waals surface area contributed by atoms with Crippen molar-refractivity contribution >= 4 is 0 Å². The van der Waals surface area contributed by atoms with Crippen molar-refractivity contribution in [2.75, 3.05) is 27.2 Å². The highest BCUT2D eigenvalue weighted by Crippen LogP contribution is 2.24. The van der Waals surface area contributed by atoms with Crippen molar-refractivity contribution in [2.24, 2.45) is 5.92 Å². The molecule has 0 radical (unpaired) electrons. The molecule has 17 heavy (non-hydrogen) atoms. The van der Waals surface area contributed by atoms with Crippen LogP contribution < -0.4 is 5.32 Å². The Hall–Kier alpha value is -0.120. The van der Waals surface area contributed by atoms with Crippen LogP contribution >= 0.6 is 0 Å². The zero-order valence-electron chi connectivity index (χ0n) is 11.6. The molecule has 1 saturated carbocycles. The maximum absolute atomic E-state index is 5.63. The predicted molar refractivity (Wildman–Crippen MR) is 71.3 cm³/mol. The molecule has 0 aromatic carbocycles. The van der Waals surface area contributed by atoms with Gasteiger partial charge in [0.15, 0.2) is 0 Å². The Bertz CT molecular complexity index is 234. The first kappa shape index (κ1) is 13.3. The molecule has 1 saturated heterocycles. The highest BCUT2D eigenvalue weighted by molar-refractivity contribution is 4.89. The lowest BCUT2D eigenvalue weighted by Crippen LogP contribution is -2.54. The van der Waals surface area contributed by atoms with Gasteiger partial charge in [0.2, 0.25) is 0 Å². The topological polar surface area (TPSA) is 24.5 Å². The molecule has 3 nitrogen and oxygen atoms in total. The minimum Gasteiger partial charge on any atom is -0.380 e. The fourth-order valence-corrected chi connectivity index (χ4v) is 3.45. The maximum atomic E-state index is 5.63. The van der Waals surface area contributed by atoms with E-state index in [-0.39, 0.29) is 0 Å². The third-order valence-corrected chi connectivity index (χ3v) is 4.54. The Morgan fingerprint density at radius 3 is 2.59 bits per heavy atom. The van der Waals surface area contributed by atoms with Crippen molar-refractivity contribution in [2.45, 2.75) is 57.2 Å². The lowest BCUT2D eigenvalue weighted by molar-refractivity contribution is 0.0295. The molecule has 2 aliphatic rings. The summed E-state index contributed by atoms with van der Waals surface area (Å²) in [5.41, 5.74) is 0. The summed E-state index contributed by atoms with van der Waals surface area (Å²) in [6.07, 6.45) is 6.94. The molecule has 4 atom stereocenters. The van der Waals surface area contributed by atoms with Crippen LogP contribution in [0, 0.1) is 5.92 Å². The summed E-state index contributed by atoms with van der Waals surface area (Å²) in [6, 6.07) is 1.27. The van der Waals surface area contributed by atoms with E-state index in [0.717, 1.165) is 5.92 Å². The van der Waals surface area contributed by atoms with Gasteiger partial charge in [0.25, 0.3) is 0 Å².